The monoisotopic (exact) mass is 513 g/mol. The fourth-order valence-electron chi connectivity index (χ4n) is 10.5. The van der Waals surface area contributed by atoms with E-state index in [1.807, 2.05) is 6.08 Å². The first-order chi connectivity index (χ1) is 18.3. The summed E-state index contributed by atoms with van der Waals surface area (Å²) in [6, 6.07) is 11.6. The first-order valence-corrected chi connectivity index (χ1v) is 15.7. The number of piperidine rings is 1. The van der Waals surface area contributed by atoms with E-state index in [1.165, 1.54) is 49.8 Å². The highest BCUT2D eigenvalue weighted by Crippen LogP contribution is 2.64. The Morgan fingerprint density at radius 3 is 2.71 bits per heavy atom. The predicted octanol–water partition coefficient (Wildman–Crippen LogP) is 7.51. The van der Waals surface area contributed by atoms with Gasteiger partial charge in [-0.15, -0.1) is 0 Å². The van der Waals surface area contributed by atoms with Crippen molar-refractivity contribution in [3.8, 4) is 0 Å². The summed E-state index contributed by atoms with van der Waals surface area (Å²) in [4.78, 5) is 15.0. The molecule has 9 unspecified atom stereocenters. The molecule has 1 aromatic rings. The molecule has 2 heterocycles. The van der Waals surface area contributed by atoms with Gasteiger partial charge in [-0.25, -0.2) is 0 Å². The largest absolute Gasteiger partial charge is 0.369 e. The molecular weight excluding hydrogens is 466 g/mol. The summed E-state index contributed by atoms with van der Waals surface area (Å²) in [5, 5.41) is 0. The maximum absolute atomic E-state index is 12.2. The van der Waals surface area contributed by atoms with Crippen LogP contribution in [0.5, 0.6) is 0 Å². The second kappa shape index (κ2) is 9.16. The highest BCUT2D eigenvalue weighted by atomic mass is 16.5. The normalized spacial score (nSPS) is 44.8. The van der Waals surface area contributed by atoms with E-state index in [4.69, 9.17) is 4.74 Å². The van der Waals surface area contributed by atoms with Crippen molar-refractivity contribution in [1.29, 1.82) is 0 Å². The van der Waals surface area contributed by atoms with Crippen molar-refractivity contribution < 1.29 is 9.53 Å². The summed E-state index contributed by atoms with van der Waals surface area (Å²) < 4.78 is 7.29. The van der Waals surface area contributed by atoms with E-state index in [-0.39, 0.29) is 11.0 Å². The van der Waals surface area contributed by atoms with Gasteiger partial charge in [0.2, 0.25) is 0 Å². The van der Waals surface area contributed by atoms with E-state index in [9.17, 15) is 4.79 Å². The highest BCUT2D eigenvalue weighted by Gasteiger charge is 2.59. The van der Waals surface area contributed by atoms with E-state index in [1.54, 1.807) is 11.1 Å². The zero-order valence-corrected chi connectivity index (χ0v) is 24.0. The van der Waals surface area contributed by atoms with Crippen LogP contribution in [-0.2, 0) is 16.1 Å². The summed E-state index contributed by atoms with van der Waals surface area (Å²) in [6.07, 6.45) is 12.7. The molecule has 2 aliphatic heterocycles. The zero-order valence-electron chi connectivity index (χ0n) is 24.0. The SMILES string of the molecule is CC1=C2CC3C(CCC4=CC(=O)CCC43C)C2CCC2(C1)OC1CC(C)CN(Cc3ccccc3)C1C2C. The molecule has 2 saturated carbocycles. The van der Waals surface area contributed by atoms with Crippen molar-refractivity contribution in [2.45, 2.75) is 110 Å². The molecule has 3 nitrogen and oxygen atoms in total. The van der Waals surface area contributed by atoms with Gasteiger partial charge < -0.3 is 4.74 Å². The number of carbonyl (C=O) groups is 1. The van der Waals surface area contributed by atoms with Crippen LogP contribution in [0.3, 0.4) is 0 Å². The molecule has 4 aliphatic carbocycles. The summed E-state index contributed by atoms with van der Waals surface area (Å²) in [5.74, 6) is 3.85. The maximum atomic E-state index is 12.2. The number of hydrogen-bond donors (Lipinski definition) is 0. The Balaban J connectivity index is 1.16. The number of hydrogen-bond acceptors (Lipinski definition) is 3. The number of ketones is 1. The van der Waals surface area contributed by atoms with Crippen molar-refractivity contribution in [2.24, 2.45) is 35.0 Å². The topological polar surface area (TPSA) is 29.5 Å². The maximum Gasteiger partial charge on any atom is 0.155 e. The number of carbonyl (C=O) groups excluding carboxylic acids is 1. The summed E-state index contributed by atoms with van der Waals surface area (Å²) in [6.45, 7) is 12.1. The van der Waals surface area contributed by atoms with Gasteiger partial charge in [0, 0.05) is 31.5 Å². The molecule has 0 N–H and O–H groups in total. The summed E-state index contributed by atoms with van der Waals surface area (Å²) in [7, 11) is 0. The molecule has 204 valence electrons. The van der Waals surface area contributed by atoms with Gasteiger partial charge in [-0.2, -0.15) is 0 Å². The lowest BCUT2D eigenvalue weighted by atomic mass is 9.56. The van der Waals surface area contributed by atoms with Crippen LogP contribution >= 0.6 is 0 Å². The molecule has 2 saturated heterocycles. The predicted molar refractivity (Wildman–Crippen MR) is 152 cm³/mol. The average molecular weight is 514 g/mol. The first kappa shape index (κ1) is 25.3. The van der Waals surface area contributed by atoms with E-state index in [2.05, 4.69) is 62.9 Å². The molecule has 7 rings (SSSR count). The first-order valence-electron chi connectivity index (χ1n) is 15.7. The molecule has 38 heavy (non-hydrogen) atoms. The summed E-state index contributed by atoms with van der Waals surface area (Å²) >= 11 is 0. The molecule has 0 amide bonds. The number of likely N-dealkylation sites (tertiary alicyclic amines) is 1. The van der Waals surface area contributed by atoms with Crippen LogP contribution in [0.2, 0.25) is 0 Å². The van der Waals surface area contributed by atoms with Crippen molar-refractivity contribution in [1.82, 2.24) is 4.90 Å². The number of nitrogens with zero attached hydrogens (tertiary/aromatic N) is 1. The third-order valence-electron chi connectivity index (χ3n) is 12.4. The third kappa shape index (κ3) is 3.85. The van der Waals surface area contributed by atoms with Crippen molar-refractivity contribution in [3.63, 3.8) is 0 Å². The lowest BCUT2D eigenvalue weighted by Gasteiger charge is -2.48. The Bertz CT molecular complexity index is 1170. The molecule has 0 aromatic heterocycles. The molecule has 6 aliphatic rings. The van der Waals surface area contributed by atoms with Gasteiger partial charge in [0.15, 0.2) is 5.78 Å². The van der Waals surface area contributed by atoms with Crippen LogP contribution < -0.4 is 0 Å². The second-order valence-electron chi connectivity index (χ2n) is 14.5. The van der Waals surface area contributed by atoms with Gasteiger partial charge in [-0.3, -0.25) is 9.69 Å². The lowest BCUT2D eigenvalue weighted by molar-refractivity contribution is -0.116. The Morgan fingerprint density at radius 1 is 1.08 bits per heavy atom. The van der Waals surface area contributed by atoms with Crippen LogP contribution in [0, 0.1) is 35.0 Å². The van der Waals surface area contributed by atoms with E-state index in [0.29, 0.717) is 29.8 Å². The van der Waals surface area contributed by atoms with Crippen LogP contribution in [0.25, 0.3) is 0 Å². The molecule has 4 fully saturated rings. The van der Waals surface area contributed by atoms with Gasteiger partial charge in [-0.05, 0) is 99.0 Å². The minimum atomic E-state index is -0.00780. The van der Waals surface area contributed by atoms with Crippen LogP contribution in [0.15, 0.2) is 53.1 Å². The molecule has 9 atom stereocenters. The van der Waals surface area contributed by atoms with Crippen molar-refractivity contribution in [3.05, 3.63) is 58.7 Å². The fourth-order valence-corrected chi connectivity index (χ4v) is 10.5. The van der Waals surface area contributed by atoms with Gasteiger partial charge in [0.1, 0.15) is 0 Å². The lowest BCUT2D eigenvalue weighted by Crippen LogP contribution is -2.51. The van der Waals surface area contributed by atoms with Gasteiger partial charge in [-0.1, -0.05) is 67.8 Å². The number of benzene rings is 1. The van der Waals surface area contributed by atoms with E-state index < -0.39 is 0 Å². The standard InChI is InChI=1S/C35H47NO2/c1-22-16-32-33(36(20-22)21-25-8-6-5-7-9-25)24(3)35(38-32)15-13-28-29-11-10-26-17-27(37)12-14-34(26,4)31(29)18-30(28)23(2)19-35/h5-9,17,22,24,28-29,31-33H,10-16,18-21H2,1-4H3. The Morgan fingerprint density at radius 2 is 1.89 bits per heavy atom. The van der Waals surface area contributed by atoms with E-state index >= 15 is 0 Å². The average Bonchev–Trinajstić information content (AvgIpc) is 3.35. The minimum absolute atomic E-state index is 0.00780. The number of fused-ring (bicyclic) bond motifs is 6. The number of ether oxygens (including phenoxy) is 1. The molecule has 0 radical (unpaired) electrons. The van der Waals surface area contributed by atoms with Gasteiger partial charge in [0.25, 0.3) is 0 Å². The van der Waals surface area contributed by atoms with Crippen LogP contribution in [-0.4, -0.2) is 35.0 Å². The van der Waals surface area contributed by atoms with Crippen molar-refractivity contribution >= 4 is 5.78 Å². The molecule has 1 aromatic carbocycles. The van der Waals surface area contributed by atoms with Crippen LogP contribution in [0.1, 0.15) is 91.0 Å². The van der Waals surface area contributed by atoms with Gasteiger partial charge >= 0.3 is 0 Å². The molecule has 3 heteroatoms. The Hall–Kier alpha value is -1.71. The third-order valence-corrected chi connectivity index (χ3v) is 12.4. The Labute approximate surface area is 230 Å². The quantitative estimate of drug-likeness (QED) is 0.383. The highest BCUT2D eigenvalue weighted by molar-refractivity contribution is 5.91. The molecule has 0 bridgehead atoms. The van der Waals surface area contributed by atoms with Crippen molar-refractivity contribution in [2.75, 3.05) is 6.54 Å². The minimum Gasteiger partial charge on any atom is -0.369 e. The summed E-state index contributed by atoms with van der Waals surface area (Å²) in [5.41, 5.74) is 6.58. The number of rotatable bonds is 2. The zero-order chi connectivity index (χ0) is 26.2. The second-order valence-corrected chi connectivity index (χ2v) is 14.5. The fraction of sp³-hybridized carbons (Fsp3) is 0.686. The smallest absolute Gasteiger partial charge is 0.155 e. The van der Waals surface area contributed by atoms with E-state index in [0.717, 1.165) is 50.0 Å². The number of allylic oxidation sites excluding steroid dienone is 3. The molecular formula is C35H47NO2. The molecule has 1 spiro atoms. The van der Waals surface area contributed by atoms with Gasteiger partial charge in [0.05, 0.1) is 11.7 Å². The Kier molecular flexibility index (Phi) is 6.09. The van der Waals surface area contributed by atoms with Crippen LogP contribution in [0.4, 0.5) is 0 Å².